The monoisotopic (exact) mass is 608 g/mol. The molecule has 1 heteroatoms. The van der Waals surface area contributed by atoms with Crippen LogP contribution in [0.15, 0.2) is 186 Å². The standard InChI is InChI=1S/C45H40Si/c1-32-33(2)35(4)45(34(32)3)46(42-29-17-14-26-39(42)36-20-8-5-9-21-36,43-30-18-15-27-40(43)37-22-10-6-11-23-37)44-31-19-16-28-41(44)38-24-12-7-13-25-38/h5-31,34H,1-4H3. The molecule has 6 aromatic carbocycles. The second-order valence-electron chi connectivity index (χ2n) is 12.6. The molecule has 0 saturated heterocycles. The van der Waals surface area contributed by atoms with Crippen LogP contribution in [0.4, 0.5) is 0 Å². The normalized spacial score (nSPS) is 15.0. The van der Waals surface area contributed by atoms with Gasteiger partial charge >= 0.3 is 0 Å². The number of benzene rings is 6. The van der Waals surface area contributed by atoms with E-state index in [0.717, 1.165) is 0 Å². The SMILES string of the molecule is CC1=C(C)C(C)C([Si](c2ccccc2-c2ccccc2)(c2ccccc2-c2ccccc2)c2ccccc2-c2ccccc2)=C1C. The minimum atomic E-state index is -3.04. The Balaban J connectivity index is 1.74. The van der Waals surface area contributed by atoms with Crippen molar-refractivity contribution in [3.8, 4) is 33.4 Å². The van der Waals surface area contributed by atoms with Gasteiger partial charge in [-0.3, -0.25) is 0 Å². The van der Waals surface area contributed by atoms with Gasteiger partial charge in [0.25, 0.3) is 0 Å². The lowest BCUT2D eigenvalue weighted by atomic mass is 10.0. The van der Waals surface area contributed by atoms with E-state index in [-0.39, 0.29) is 0 Å². The Morgan fingerprint density at radius 3 is 0.978 bits per heavy atom. The summed E-state index contributed by atoms with van der Waals surface area (Å²) in [6.45, 7) is 9.53. The molecule has 0 radical (unpaired) electrons. The smallest absolute Gasteiger partial charge is 0.0636 e. The molecule has 46 heavy (non-hydrogen) atoms. The first-order valence-electron chi connectivity index (χ1n) is 16.4. The second kappa shape index (κ2) is 12.4. The molecular weight excluding hydrogens is 569 g/mol. The van der Waals surface area contributed by atoms with E-state index in [4.69, 9.17) is 0 Å². The maximum atomic E-state index is 2.45. The summed E-state index contributed by atoms with van der Waals surface area (Å²) in [7, 11) is -3.04. The summed E-state index contributed by atoms with van der Waals surface area (Å²) >= 11 is 0. The van der Waals surface area contributed by atoms with Crippen LogP contribution in [0.2, 0.25) is 0 Å². The number of rotatable bonds is 7. The Hall–Kier alpha value is -4.98. The van der Waals surface area contributed by atoms with Gasteiger partial charge in [-0.15, -0.1) is 0 Å². The van der Waals surface area contributed by atoms with E-state index in [2.05, 4.69) is 191 Å². The zero-order valence-electron chi connectivity index (χ0n) is 27.2. The van der Waals surface area contributed by atoms with E-state index in [9.17, 15) is 0 Å². The fourth-order valence-electron chi connectivity index (χ4n) is 7.88. The summed E-state index contributed by atoms with van der Waals surface area (Å²) in [5.41, 5.74) is 12.1. The van der Waals surface area contributed by atoms with Crippen LogP contribution < -0.4 is 15.6 Å². The Morgan fingerprint density at radius 2 is 0.674 bits per heavy atom. The topological polar surface area (TPSA) is 0 Å². The zero-order valence-corrected chi connectivity index (χ0v) is 28.2. The third-order valence-corrected chi connectivity index (χ3v) is 15.6. The number of allylic oxidation sites excluding steroid dienone is 4. The van der Waals surface area contributed by atoms with Crippen molar-refractivity contribution in [3.63, 3.8) is 0 Å². The predicted octanol–water partition coefficient (Wildman–Crippen LogP) is 10.00. The lowest BCUT2D eigenvalue weighted by Crippen LogP contribution is -2.70. The number of hydrogen-bond donors (Lipinski definition) is 0. The lowest BCUT2D eigenvalue weighted by molar-refractivity contribution is 0.852. The van der Waals surface area contributed by atoms with Gasteiger partial charge < -0.3 is 0 Å². The van der Waals surface area contributed by atoms with Crippen molar-refractivity contribution in [2.24, 2.45) is 5.92 Å². The van der Waals surface area contributed by atoms with Crippen LogP contribution in [-0.4, -0.2) is 8.07 Å². The fourth-order valence-corrected chi connectivity index (χ4v) is 14.2. The maximum Gasteiger partial charge on any atom is 0.178 e. The van der Waals surface area contributed by atoms with Crippen molar-refractivity contribution < 1.29 is 0 Å². The van der Waals surface area contributed by atoms with Gasteiger partial charge in [0.15, 0.2) is 8.07 Å². The van der Waals surface area contributed by atoms with E-state index in [1.165, 1.54) is 65.7 Å². The number of hydrogen-bond acceptors (Lipinski definition) is 0. The van der Waals surface area contributed by atoms with Gasteiger partial charge in [0.05, 0.1) is 0 Å². The van der Waals surface area contributed by atoms with Gasteiger partial charge in [0, 0.05) is 0 Å². The molecule has 224 valence electrons. The highest BCUT2D eigenvalue weighted by Gasteiger charge is 2.51. The first-order chi connectivity index (χ1) is 22.5. The first kappa shape index (κ1) is 29.7. The highest BCUT2D eigenvalue weighted by molar-refractivity contribution is 7.18. The summed E-state index contributed by atoms with van der Waals surface area (Å²) in [4.78, 5) is 0. The average Bonchev–Trinajstić information content (AvgIpc) is 3.32. The molecule has 1 aliphatic carbocycles. The maximum absolute atomic E-state index is 3.04. The molecule has 6 aromatic rings. The van der Waals surface area contributed by atoms with Crippen LogP contribution in [0.25, 0.3) is 33.4 Å². The lowest BCUT2D eigenvalue weighted by Gasteiger charge is -2.42. The van der Waals surface area contributed by atoms with Crippen LogP contribution in [0.5, 0.6) is 0 Å². The van der Waals surface area contributed by atoms with E-state index in [1.54, 1.807) is 5.20 Å². The third-order valence-electron chi connectivity index (χ3n) is 10.3. The molecule has 1 atom stereocenters. The van der Waals surface area contributed by atoms with Crippen molar-refractivity contribution in [1.29, 1.82) is 0 Å². The van der Waals surface area contributed by atoms with Crippen LogP contribution in [0, 0.1) is 5.92 Å². The van der Waals surface area contributed by atoms with Crippen molar-refractivity contribution in [2.45, 2.75) is 27.7 Å². The van der Waals surface area contributed by atoms with Crippen LogP contribution in [0.1, 0.15) is 27.7 Å². The Bertz CT molecular complexity index is 1870. The molecule has 0 spiro atoms. The van der Waals surface area contributed by atoms with E-state index in [0.29, 0.717) is 5.92 Å². The average molecular weight is 609 g/mol. The molecule has 7 rings (SSSR count). The summed E-state index contributed by atoms with van der Waals surface area (Å²) in [6, 6.07) is 60.9. The Kier molecular flexibility index (Phi) is 8.03. The largest absolute Gasteiger partial charge is 0.178 e. The van der Waals surface area contributed by atoms with Gasteiger partial charge in [-0.25, -0.2) is 0 Å². The summed E-state index contributed by atoms with van der Waals surface area (Å²) < 4.78 is 0. The van der Waals surface area contributed by atoms with Crippen molar-refractivity contribution in [1.82, 2.24) is 0 Å². The highest BCUT2D eigenvalue weighted by atomic mass is 28.3. The molecule has 0 bridgehead atoms. The van der Waals surface area contributed by atoms with Crippen LogP contribution in [-0.2, 0) is 0 Å². The van der Waals surface area contributed by atoms with Gasteiger partial charge in [-0.05, 0) is 81.2 Å². The fraction of sp³-hybridized carbons (Fsp3) is 0.111. The molecule has 0 amide bonds. The molecule has 1 unspecified atom stereocenters. The van der Waals surface area contributed by atoms with Crippen molar-refractivity contribution in [2.75, 3.05) is 0 Å². The van der Waals surface area contributed by atoms with Gasteiger partial charge in [-0.1, -0.05) is 187 Å². The minimum Gasteiger partial charge on any atom is -0.0636 e. The van der Waals surface area contributed by atoms with Gasteiger partial charge in [0.2, 0.25) is 0 Å². The molecule has 0 fully saturated rings. The van der Waals surface area contributed by atoms with Crippen molar-refractivity contribution >= 4 is 23.6 Å². The summed E-state index contributed by atoms with van der Waals surface area (Å²) in [6.07, 6.45) is 0. The molecule has 0 saturated carbocycles. The van der Waals surface area contributed by atoms with Gasteiger partial charge in [0.1, 0.15) is 0 Å². The van der Waals surface area contributed by atoms with Crippen molar-refractivity contribution in [3.05, 3.63) is 186 Å². The zero-order chi connectivity index (χ0) is 31.7. The third kappa shape index (κ3) is 4.83. The van der Waals surface area contributed by atoms with Gasteiger partial charge in [-0.2, -0.15) is 0 Å². The minimum absolute atomic E-state index is 0.308. The molecule has 0 nitrogen and oxygen atoms in total. The Morgan fingerprint density at radius 1 is 0.370 bits per heavy atom. The van der Waals surface area contributed by atoms with E-state index < -0.39 is 8.07 Å². The first-order valence-corrected chi connectivity index (χ1v) is 18.4. The molecular formula is C45H40Si. The van der Waals surface area contributed by atoms with E-state index >= 15 is 0 Å². The molecule has 0 aliphatic heterocycles. The van der Waals surface area contributed by atoms with E-state index in [1.807, 2.05) is 0 Å². The second-order valence-corrected chi connectivity index (χ2v) is 16.2. The summed E-state index contributed by atoms with van der Waals surface area (Å²) in [5, 5.41) is 5.92. The predicted molar refractivity (Wildman–Crippen MR) is 201 cm³/mol. The molecule has 0 aromatic heterocycles. The highest BCUT2D eigenvalue weighted by Crippen LogP contribution is 2.44. The quantitative estimate of drug-likeness (QED) is 0.125. The summed E-state index contributed by atoms with van der Waals surface area (Å²) in [5.74, 6) is 0.308. The van der Waals surface area contributed by atoms with Crippen LogP contribution >= 0.6 is 0 Å². The van der Waals surface area contributed by atoms with Crippen LogP contribution in [0.3, 0.4) is 0 Å². The Labute approximate surface area is 275 Å². The molecule has 1 aliphatic rings. The molecule has 0 N–H and O–H groups in total. The molecule has 0 heterocycles.